The minimum atomic E-state index is -4.00. The van der Waals surface area contributed by atoms with Crippen LogP contribution in [0.15, 0.2) is 92.4 Å². The monoisotopic (exact) mass is 508 g/mol. The quantitative estimate of drug-likeness (QED) is 0.454. The van der Waals surface area contributed by atoms with Gasteiger partial charge in [0.2, 0.25) is 29.9 Å². The molecule has 0 amide bonds. The molecule has 8 nitrogen and oxygen atoms in total. The zero-order chi connectivity index (χ0) is 24.3. The van der Waals surface area contributed by atoms with Crippen molar-refractivity contribution in [1.82, 2.24) is 4.72 Å². The second-order valence-corrected chi connectivity index (χ2v) is 12.5. The molecule has 3 N–H and O–H groups in total. The molecule has 0 saturated carbocycles. The van der Waals surface area contributed by atoms with Crippen molar-refractivity contribution in [1.29, 1.82) is 0 Å². The molecule has 0 atom stereocenters. The molecule has 0 aliphatic heterocycles. The van der Waals surface area contributed by atoms with Crippen molar-refractivity contribution in [2.45, 2.75) is 39.3 Å². The van der Waals surface area contributed by atoms with E-state index in [1.54, 1.807) is 37.3 Å². The van der Waals surface area contributed by atoms with Gasteiger partial charge in [-0.2, -0.15) is 0 Å². The van der Waals surface area contributed by atoms with E-state index in [-0.39, 0.29) is 26.1 Å². The third-order valence-corrected chi connectivity index (χ3v) is 9.27. The SMILES string of the molecule is CCc1ccc(S(=O)(=O)c2ccccc2)cc1S(=O)(=O)NCCc1ccc(S(N)(=O)=O)cc1. The van der Waals surface area contributed by atoms with Crippen LogP contribution in [0, 0.1) is 0 Å². The molecule has 3 aromatic carbocycles. The highest BCUT2D eigenvalue weighted by atomic mass is 32.2. The standard InChI is InChI=1S/C22H24N2O6S3/c1-2-18-10-13-21(31(25,26)19-6-4-3-5-7-19)16-22(18)33(29,30)24-15-14-17-8-11-20(12-9-17)32(23,27)28/h3-13,16,24H,2,14-15H2,1H3,(H2,23,27,28). The lowest BCUT2D eigenvalue weighted by molar-refractivity contribution is 0.580. The number of sulfone groups is 1. The van der Waals surface area contributed by atoms with E-state index < -0.39 is 29.9 Å². The van der Waals surface area contributed by atoms with Crippen LogP contribution in [0.25, 0.3) is 0 Å². The number of aryl methyl sites for hydroxylation is 1. The number of rotatable bonds is 9. The Kier molecular flexibility index (Phi) is 7.39. The Morgan fingerprint density at radius 3 is 1.94 bits per heavy atom. The van der Waals surface area contributed by atoms with Crippen LogP contribution in [0.2, 0.25) is 0 Å². The fourth-order valence-electron chi connectivity index (χ4n) is 3.23. The van der Waals surface area contributed by atoms with Crippen molar-refractivity contribution >= 4 is 29.9 Å². The van der Waals surface area contributed by atoms with Gasteiger partial charge in [0, 0.05) is 6.54 Å². The molecular weight excluding hydrogens is 484 g/mol. The van der Waals surface area contributed by atoms with Gasteiger partial charge in [-0.1, -0.05) is 43.3 Å². The lowest BCUT2D eigenvalue weighted by atomic mass is 10.2. The molecule has 33 heavy (non-hydrogen) atoms. The molecule has 3 aromatic rings. The number of primary sulfonamides is 1. The fraction of sp³-hybridized carbons (Fsp3) is 0.182. The van der Waals surface area contributed by atoms with Gasteiger partial charge in [-0.15, -0.1) is 0 Å². The van der Waals surface area contributed by atoms with Gasteiger partial charge < -0.3 is 0 Å². The van der Waals surface area contributed by atoms with Crippen LogP contribution in [0.3, 0.4) is 0 Å². The molecule has 0 aromatic heterocycles. The molecule has 0 unspecified atom stereocenters. The molecule has 0 radical (unpaired) electrons. The Bertz CT molecular complexity index is 1450. The number of nitrogens with two attached hydrogens (primary N) is 1. The van der Waals surface area contributed by atoms with Crippen LogP contribution in [0.1, 0.15) is 18.1 Å². The van der Waals surface area contributed by atoms with Crippen LogP contribution >= 0.6 is 0 Å². The average molecular weight is 509 g/mol. The lowest BCUT2D eigenvalue weighted by Gasteiger charge is -2.13. The highest BCUT2D eigenvalue weighted by Crippen LogP contribution is 2.26. The van der Waals surface area contributed by atoms with Crippen LogP contribution in [-0.4, -0.2) is 31.8 Å². The van der Waals surface area contributed by atoms with E-state index in [1.165, 1.54) is 42.5 Å². The topological polar surface area (TPSA) is 140 Å². The summed E-state index contributed by atoms with van der Waals surface area (Å²) in [6.07, 6.45) is 0.699. The van der Waals surface area contributed by atoms with Gasteiger partial charge in [0.05, 0.1) is 19.6 Å². The number of sulfonamides is 2. The van der Waals surface area contributed by atoms with Gasteiger partial charge in [0.25, 0.3) is 0 Å². The number of hydrogen-bond donors (Lipinski definition) is 2. The van der Waals surface area contributed by atoms with Crippen LogP contribution in [-0.2, 0) is 42.7 Å². The molecule has 0 aliphatic carbocycles. The lowest BCUT2D eigenvalue weighted by Crippen LogP contribution is -2.27. The van der Waals surface area contributed by atoms with E-state index >= 15 is 0 Å². The first-order valence-corrected chi connectivity index (χ1v) is 14.5. The third-order valence-electron chi connectivity index (χ3n) is 5.03. The van der Waals surface area contributed by atoms with Crippen LogP contribution in [0.4, 0.5) is 0 Å². The van der Waals surface area contributed by atoms with E-state index in [1.807, 2.05) is 0 Å². The van der Waals surface area contributed by atoms with Crippen molar-refractivity contribution in [2.75, 3.05) is 6.54 Å². The molecule has 0 spiro atoms. The second kappa shape index (κ2) is 9.74. The first kappa shape index (κ1) is 25.1. The van der Waals surface area contributed by atoms with Crippen molar-refractivity contribution < 1.29 is 25.3 Å². The van der Waals surface area contributed by atoms with Gasteiger partial charge >= 0.3 is 0 Å². The van der Waals surface area contributed by atoms with Crippen molar-refractivity contribution in [3.63, 3.8) is 0 Å². The fourth-order valence-corrected chi connectivity index (χ4v) is 6.50. The van der Waals surface area contributed by atoms with Gasteiger partial charge in [-0.05, 0) is 60.4 Å². The van der Waals surface area contributed by atoms with Crippen molar-refractivity contribution in [3.05, 3.63) is 83.9 Å². The third kappa shape index (κ3) is 5.87. The van der Waals surface area contributed by atoms with E-state index in [2.05, 4.69) is 4.72 Å². The Morgan fingerprint density at radius 2 is 1.36 bits per heavy atom. The Balaban J connectivity index is 1.83. The summed E-state index contributed by atoms with van der Waals surface area (Å²) >= 11 is 0. The number of nitrogens with one attached hydrogen (secondary N) is 1. The molecule has 0 heterocycles. The highest BCUT2D eigenvalue weighted by Gasteiger charge is 2.23. The molecule has 176 valence electrons. The zero-order valence-electron chi connectivity index (χ0n) is 17.8. The Hall–Kier alpha value is -2.57. The summed E-state index contributed by atoms with van der Waals surface area (Å²) in [5.74, 6) is 0. The highest BCUT2D eigenvalue weighted by molar-refractivity contribution is 7.91. The summed E-state index contributed by atoms with van der Waals surface area (Å²) in [7, 11) is -11.7. The minimum Gasteiger partial charge on any atom is -0.225 e. The second-order valence-electron chi connectivity index (χ2n) is 7.28. The van der Waals surface area contributed by atoms with Crippen LogP contribution in [0.5, 0.6) is 0 Å². The van der Waals surface area contributed by atoms with Crippen molar-refractivity contribution in [2.24, 2.45) is 5.14 Å². The van der Waals surface area contributed by atoms with E-state index in [0.717, 1.165) is 0 Å². The molecular formula is C22H24N2O6S3. The summed E-state index contributed by atoms with van der Waals surface area (Å²) in [5.41, 5.74) is 1.20. The van der Waals surface area contributed by atoms with Gasteiger partial charge in [0.1, 0.15) is 0 Å². The summed E-state index contributed by atoms with van der Waals surface area (Å²) in [5, 5.41) is 5.07. The predicted molar refractivity (Wildman–Crippen MR) is 124 cm³/mol. The van der Waals surface area contributed by atoms with Crippen molar-refractivity contribution in [3.8, 4) is 0 Å². The van der Waals surface area contributed by atoms with E-state index in [0.29, 0.717) is 24.0 Å². The molecule has 0 saturated heterocycles. The molecule has 11 heteroatoms. The Labute approximate surface area is 194 Å². The molecule has 3 rings (SSSR count). The maximum atomic E-state index is 13.0. The maximum absolute atomic E-state index is 13.0. The van der Waals surface area contributed by atoms with Crippen LogP contribution < -0.4 is 9.86 Å². The summed E-state index contributed by atoms with van der Waals surface area (Å²) in [4.78, 5) is -0.152. The molecule has 0 aliphatic rings. The smallest absolute Gasteiger partial charge is 0.225 e. The summed E-state index contributed by atoms with van der Waals surface area (Å²) < 4.78 is 77.1. The number of benzene rings is 3. The van der Waals surface area contributed by atoms with E-state index in [9.17, 15) is 25.3 Å². The first-order valence-electron chi connectivity index (χ1n) is 9.99. The maximum Gasteiger partial charge on any atom is 0.240 e. The molecule has 0 fully saturated rings. The summed E-state index contributed by atoms with van der Waals surface area (Å²) in [6, 6.07) is 17.7. The normalized spacial score (nSPS) is 12.5. The largest absolute Gasteiger partial charge is 0.240 e. The van der Waals surface area contributed by atoms with Gasteiger partial charge in [0.15, 0.2) is 0 Å². The van der Waals surface area contributed by atoms with Gasteiger partial charge in [-0.25, -0.2) is 35.1 Å². The van der Waals surface area contributed by atoms with E-state index in [4.69, 9.17) is 5.14 Å². The van der Waals surface area contributed by atoms with Gasteiger partial charge in [-0.3, -0.25) is 0 Å². The number of hydrogen-bond acceptors (Lipinski definition) is 6. The summed E-state index contributed by atoms with van der Waals surface area (Å²) in [6.45, 7) is 1.82. The zero-order valence-corrected chi connectivity index (χ0v) is 20.3. The first-order chi connectivity index (χ1) is 15.4. The minimum absolute atomic E-state index is 0.0316. The Morgan fingerprint density at radius 1 is 0.758 bits per heavy atom. The average Bonchev–Trinajstić information content (AvgIpc) is 2.79. The predicted octanol–water partition coefficient (Wildman–Crippen LogP) is 2.25. The molecule has 0 bridgehead atoms.